The molecular formula is H3FIO4P. The van der Waals surface area contributed by atoms with Crippen LogP contribution in [0.25, 0.3) is 0 Å². The summed E-state index contributed by atoms with van der Waals surface area (Å²) in [5.41, 5.74) is 0. The summed E-state index contributed by atoms with van der Waals surface area (Å²) in [4.78, 5) is 14.7. The van der Waals surface area contributed by atoms with Crippen molar-refractivity contribution in [3.8, 4) is 0 Å². The zero-order valence-corrected chi connectivity index (χ0v) is 6.17. The highest BCUT2D eigenvalue weighted by molar-refractivity contribution is 14.0. The van der Waals surface area contributed by atoms with E-state index in [9.17, 15) is 4.53 Å². The second-order valence-corrected chi connectivity index (χ2v) is 1.68. The highest BCUT2D eigenvalue weighted by Gasteiger charge is 2.12. The lowest BCUT2D eigenvalue weighted by Crippen LogP contribution is -1.71. The maximum Gasteiger partial charge on any atom is 0.500 e. The third-order valence-corrected chi connectivity index (χ3v) is 0.270. The van der Waals surface area contributed by atoms with E-state index in [0.29, 0.717) is 0 Å². The summed E-state index contributed by atoms with van der Waals surface area (Å²) in [7, 11) is -4.81. The molecule has 7 heavy (non-hydrogen) atoms. The summed E-state index contributed by atoms with van der Waals surface area (Å²) in [5, 5.41) is 0. The first kappa shape index (κ1) is 10.7. The van der Waals surface area contributed by atoms with E-state index in [-0.39, 0.29) is 24.0 Å². The summed E-state index contributed by atoms with van der Waals surface area (Å²) >= 11 is 0. The molecule has 0 unspecified atom stereocenters. The van der Waals surface area contributed by atoms with Crippen molar-refractivity contribution in [2.45, 2.75) is 0 Å². The van der Waals surface area contributed by atoms with Crippen LogP contribution in [0.15, 0.2) is 0 Å². The average molecular weight is 244 g/mol. The maximum atomic E-state index is 10.2. The second-order valence-electron chi connectivity index (χ2n) is 0.560. The molecule has 0 radical (unpaired) electrons. The third kappa shape index (κ3) is 10.8. The number of phosphoric acid groups is 1. The monoisotopic (exact) mass is 244 g/mol. The summed E-state index contributed by atoms with van der Waals surface area (Å²) in [6.45, 7) is 0. The molecule has 0 aliphatic rings. The van der Waals surface area contributed by atoms with Gasteiger partial charge in [-0.15, -0.1) is 24.0 Å². The molecular weight excluding hydrogens is 241 g/mol. The molecule has 0 amide bonds. The summed E-state index contributed by atoms with van der Waals surface area (Å²) < 4.78 is 21.4. The normalized spacial score (nSPS) is 10.1. The molecule has 0 rings (SSSR count). The molecule has 0 aliphatic carbocycles. The van der Waals surface area contributed by atoms with E-state index in [2.05, 4.69) is 4.73 Å². The Morgan fingerprint density at radius 2 is 1.71 bits per heavy atom. The van der Waals surface area contributed by atoms with E-state index in [4.69, 9.17) is 14.4 Å². The maximum absolute atomic E-state index is 10.2. The Balaban J connectivity index is 0. The highest BCUT2D eigenvalue weighted by Crippen LogP contribution is 2.35. The number of rotatable bonds is 1. The minimum absolute atomic E-state index is 0. The Morgan fingerprint density at radius 3 is 1.71 bits per heavy atom. The molecule has 2 N–H and O–H groups in total. The summed E-state index contributed by atoms with van der Waals surface area (Å²) in [5.74, 6) is 0. The molecule has 0 aromatic heterocycles. The van der Waals surface area contributed by atoms with E-state index in [1.165, 1.54) is 0 Å². The van der Waals surface area contributed by atoms with Crippen molar-refractivity contribution >= 4 is 31.8 Å². The van der Waals surface area contributed by atoms with E-state index in [0.717, 1.165) is 0 Å². The van der Waals surface area contributed by atoms with Crippen molar-refractivity contribution in [2.24, 2.45) is 0 Å². The van der Waals surface area contributed by atoms with Crippen LogP contribution in [-0.2, 0) is 9.29 Å². The first-order chi connectivity index (χ1) is 2.56. The molecule has 0 aromatic rings. The van der Waals surface area contributed by atoms with Gasteiger partial charge >= 0.3 is 7.82 Å². The first-order valence-electron chi connectivity index (χ1n) is 0.919. The van der Waals surface area contributed by atoms with Crippen molar-refractivity contribution in [2.75, 3.05) is 0 Å². The molecule has 0 saturated heterocycles. The summed E-state index contributed by atoms with van der Waals surface area (Å²) in [6, 6.07) is 0. The van der Waals surface area contributed by atoms with Crippen LogP contribution >= 0.6 is 31.8 Å². The SMILES string of the molecule is I.O=P(O)(O)OF. The lowest BCUT2D eigenvalue weighted by Gasteiger charge is -1.87. The van der Waals surface area contributed by atoms with Crippen molar-refractivity contribution in [3.05, 3.63) is 0 Å². The molecule has 0 spiro atoms. The van der Waals surface area contributed by atoms with Gasteiger partial charge in [0.05, 0.1) is 0 Å². The molecule has 0 atom stereocenters. The van der Waals surface area contributed by atoms with Gasteiger partial charge in [-0.25, -0.2) is 4.57 Å². The fourth-order valence-corrected chi connectivity index (χ4v) is 0. The van der Waals surface area contributed by atoms with Crippen LogP contribution in [-0.4, -0.2) is 9.79 Å². The van der Waals surface area contributed by atoms with Crippen LogP contribution < -0.4 is 0 Å². The van der Waals surface area contributed by atoms with Gasteiger partial charge in [-0.2, -0.15) is 0 Å². The molecule has 0 aromatic carbocycles. The standard InChI is InChI=1S/FH2O4P.HI/c1-5-6(2,3)4;/h(H2,2,3,4);1H. The van der Waals surface area contributed by atoms with Crippen molar-refractivity contribution in [1.29, 1.82) is 0 Å². The van der Waals surface area contributed by atoms with Gasteiger partial charge in [0.1, 0.15) is 0 Å². The second kappa shape index (κ2) is 3.73. The Hall–Kier alpha value is 0.770. The summed E-state index contributed by atoms with van der Waals surface area (Å²) in [6.07, 6.45) is 0. The van der Waals surface area contributed by atoms with Crippen LogP contribution in [0.3, 0.4) is 0 Å². The number of halogens is 2. The molecule has 0 saturated carbocycles. The number of hydrogen-bond acceptors (Lipinski definition) is 2. The van der Waals surface area contributed by atoms with Crippen LogP contribution in [0.4, 0.5) is 4.53 Å². The van der Waals surface area contributed by atoms with E-state index >= 15 is 0 Å². The van der Waals surface area contributed by atoms with Gasteiger partial charge < -0.3 is 9.79 Å². The van der Waals surface area contributed by atoms with E-state index < -0.39 is 7.82 Å². The zero-order chi connectivity index (χ0) is 5.21. The predicted octanol–water partition coefficient (Wildman–Crippen LogP) is 0.598. The van der Waals surface area contributed by atoms with Gasteiger partial charge in [-0.1, -0.05) is 4.73 Å². The smallest absolute Gasteiger partial charge is 0.301 e. The number of hydrogen-bond donors (Lipinski definition) is 2. The van der Waals surface area contributed by atoms with Gasteiger partial charge in [0.15, 0.2) is 0 Å². The Labute approximate surface area is 55.8 Å². The molecule has 7 heteroatoms. The lowest BCUT2D eigenvalue weighted by molar-refractivity contribution is -0.0389. The van der Waals surface area contributed by atoms with Gasteiger partial charge in [-0.3, -0.25) is 0 Å². The topological polar surface area (TPSA) is 66.8 Å². The zero-order valence-electron chi connectivity index (χ0n) is 2.94. The van der Waals surface area contributed by atoms with Gasteiger partial charge in [-0.05, 0) is 4.53 Å². The quantitative estimate of drug-likeness (QED) is 0.523. The fourth-order valence-electron chi connectivity index (χ4n) is 0. The van der Waals surface area contributed by atoms with Crippen molar-refractivity contribution in [3.63, 3.8) is 0 Å². The fraction of sp³-hybridized carbons (Fsp3) is 0. The van der Waals surface area contributed by atoms with Crippen molar-refractivity contribution < 1.29 is 23.6 Å². The first-order valence-corrected chi connectivity index (χ1v) is 2.45. The van der Waals surface area contributed by atoms with Crippen LogP contribution in [0.2, 0.25) is 0 Å². The molecule has 0 heterocycles. The predicted molar refractivity (Wildman–Crippen MR) is 29.7 cm³/mol. The molecule has 46 valence electrons. The van der Waals surface area contributed by atoms with E-state index in [1.807, 2.05) is 0 Å². The minimum Gasteiger partial charge on any atom is -0.301 e. The molecule has 0 bridgehead atoms. The van der Waals surface area contributed by atoms with Gasteiger partial charge in [0.25, 0.3) is 0 Å². The Morgan fingerprint density at radius 1 is 1.57 bits per heavy atom. The van der Waals surface area contributed by atoms with Crippen molar-refractivity contribution in [1.82, 2.24) is 0 Å². The van der Waals surface area contributed by atoms with Crippen LogP contribution in [0, 0.1) is 0 Å². The van der Waals surface area contributed by atoms with Crippen LogP contribution in [0.5, 0.6) is 0 Å². The van der Waals surface area contributed by atoms with Gasteiger partial charge in [0, 0.05) is 0 Å². The van der Waals surface area contributed by atoms with Crippen LogP contribution in [0.1, 0.15) is 0 Å². The van der Waals surface area contributed by atoms with Gasteiger partial charge in [0.2, 0.25) is 0 Å². The molecule has 0 aliphatic heterocycles. The molecule has 4 nitrogen and oxygen atoms in total. The highest BCUT2D eigenvalue weighted by atomic mass is 127. The lowest BCUT2D eigenvalue weighted by atomic mass is 15.6. The largest absolute Gasteiger partial charge is 0.500 e. The average Bonchev–Trinajstić information content (AvgIpc) is 1.35. The molecule has 0 fully saturated rings. The minimum atomic E-state index is -4.81. The van der Waals surface area contributed by atoms with E-state index in [1.54, 1.807) is 0 Å². The third-order valence-electron chi connectivity index (χ3n) is 0.0899. The Kier molecular flexibility index (Phi) is 5.70. The Bertz CT molecular complexity index is 75.8.